The summed E-state index contributed by atoms with van der Waals surface area (Å²) in [5.74, 6) is 0.819. The predicted molar refractivity (Wildman–Crippen MR) is 53.0 cm³/mol. The van der Waals surface area contributed by atoms with Gasteiger partial charge < -0.3 is 14.4 Å². The minimum atomic E-state index is -0.0511. The SMILES string of the molecule is CCN(CC1CC1)c1nc(CO)co1. The first-order valence-corrected chi connectivity index (χ1v) is 5.13. The largest absolute Gasteiger partial charge is 0.432 e. The summed E-state index contributed by atoms with van der Waals surface area (Å²) in [5, 5.41) is 8.86. The van der Waals surface area contributed by atoms with E-state index in [1.807, 2.05) is 0 Å². The second kappa shape index (κ2) is 4.00. The smallest absolute Gasteiger partial charge is 0.297 e. The molecular weight excluding hydrogens is 180 g/mol. The lowest BCUT2D eigenvalue weighted by atomic mass is 10.4. The molecule has 0 aromatic carbocycles. The molecule has 1 aromatic rings. The lowest BCUT2D eigenvalue weighted by Gasteiger charge is -2.17. The Hall–Kier alpha value is -1.03. The second-order valence-electron chi connectivity index (χ2n) is 3.76. The molecule has 0 spiro atoms. The molecule has 1 N–H and O–H groups in total. The Balaban J connectivity index is 2.01. The fourth-order valence-corrected chi connectivity index (χ4v) is 1.47. The maximum absolute atomic E-state index is 8.86. The van der Waals surface area contributed by atoms with Crippen molar-refractivity contribution in [2.45, 2.75) is 26.4 Å². The molecule has 4 nitrogen and oxygen atoms in total. The molecule has 0 unspecified atom stereocenters. The van der Waals surface area contributed by atoms with Gasteiger partial charge in [-0.05, 0) is 25.7 Å². The van der Waals surface area contributed by atoms with Crippen LogP contribution in [0.15, 0.2) is 10.7 Å². The number of oxazole rings is 1. The van der Waals surface area contributed by atoms with E-state index in [4.69, 9.17) is 9.52 Å². The summed E-state index contributed by atoms with van der Waals surface area (Å²) < 4.78 is 5.29. The van der Waals surface area contributed by atoms with Gasteiger partial charge >= 0.3 is 0 Å². The number of hydrogen-bond acceptors (Lipinski definition) is 4. The van der Waals surface area contributed by atoms with Crippen molar-refractivity contribution in [3.63, 3.8) is 0 Å². The van der Waals surface area contributed by atoms with Gasteiger partial charge in [0.15, 0.2) is 0 Å². The molecule has 1 aromatic heterocycles. The highest BCUT2D eigenvalue weighted by molar-refractivity contribution is 5.27. The minimum absolute atomic E-state index is 0.0511. The second-order valence-corrected chi connectivity index (χ2v) is 3.76. The van der Waals surface area contributed by atoms with Crippen molar-refractivity contribution in [3.05, 3.63) is 12.0 Å². The van der Waals surface area contributed by atoms with Crippen molar-refractivity contribution in [1.29, 1.82) is 0 Å². The van der Waals surface area contributed by atoms with Crippen LogP contribution in [0.4, 0.5) is 6.01 Å². The van der Waals surface area contributed by atoms with Gasteiger partial charge in [0.05, 0.1) is 6.61 Å². The van der Waals surface area contributed by atoms with Crippen LogP contribution >= 0.6 is 0 Å². The van der Waals surface area contributed by atoms with Crippen LogP contribution in [0.25, 0.3) is 0 Å². The van der Waals surface area contributed by atoms with Gasteiger partial charge in [0, 0.05) is 13.1 Å². The zero-order chi connectivity index (χ0) is 9.97. The average molecular weight is 196 g/mol. The van der Waals surface area contributed by atoms with Crippen molar-refractivity contribution >= 4 is 6.01 Å². The monoisotopic (exact) mass is 196 g/mol. The average Bonchev–Trinajstić information content (AvgIpc) is 2.90. The van der Waals surface area contributed by atoms with E-state index in [0.717, 1.165) is 19.0 Å². The first kappa shape index (κ1) is 9.52. The van der Waals surface area contributed by atoms with E-state index in [0.29, 0.717) is 11.7 Å². The third kappa shape index (κ3) is 2.07. The van der Waals surface area contributed by atoms with Gasteiger partial charge in [-0.3, -0.25) is 0 Å². The minimum Gasteiger partial charge on any atom is -0.432 e. The third-order valence-corrected chi connectivity index (χ3v) is 2.53. The number of hydrogen-bond donors (Lipinski definition) is 1. The lowest BCUT2D eigenvalue weighted by Crippen LogP contribution is -2.25. The Morgan fingerprint density at radius 2 is 2.43 bits per heavy atom. The summed E-state index contributed by atoms with van der Waals surface area (Å²) in [6.45, 7) is 3.97. The summed E-state index contributed by atoms with van der Waals surface area (Å²) in [6, 6.07) is 0.642. The standard InChI is InChI=1S/C10H16N2O2/c1-2-12(5-8-3-4-8)10-11-9(6-13)7-14-10/h7-8,13H,2-6H2,1H3. The molecule has 1 saturated carbocycles. The molecule has 14 heavy (non-hydrogen) atoms. The molecule has 1 aliphatic carbocycles. The van der Waals surface area contributed by atoms with Crippen molar-refractivity contribution in [1.82, 2.24) is 4.98 Å². The number of aliphatic hydroxyl groups excluding tert-OH is 1. The highest BCUT2D eigenvalue weighted by Crippen LogP contribution is 2.31. The van der Waals surface area contributed by atoms with Crippen LogP contribution in [0.3, 0.4) is 0 Å². The third-order valence-electron chi connectivity index (χ3n) is 2.53. The molecule has 78 valence electrons. The number of aromatic nitrogens is 1. The topological polar surface area (TPSA) is 49.5 Å². The van der Waals surface area contributed by atoms with E-state index >= 15 is 0 Å². The summed E-state index contributed by atoms with van der Waals surface area (Å²) in [7, 11) is 0. The molecule has 0 saturated heterocycles. The van der Waals surface area contributed by atoms with Gasteiger partial charge in [0.25, 0.3) is 6.01 Å². The number of anilines is 1. The molecule has 0 bridgehead atoms. The molecule has 1 aliphatic rings. The fourth-order valence-electron chi connectivity index (χ4n) is 1.47. The lowest BCUT2D eigenvalue weighted by molar-refractivity contribution is 0.276. The van der Waals surface area contributed by atoms with Gasteiger partial charge in [-0.1, -0.05) is 0 Å². The Bertz CT molecular complexity index is 294. The first-order valence-electron chi connectivity index (χ1n) is 5.13. The summed E-state index contributed by atoms with van der Waals surface area (Å²) in [5.41, 5.74) is 0.606. The number of rotatable bonds is 5. The van der Waals surface area contributed by atoms with Gasteiger partial charge in [-0.15, -0.1) is 0 Å². The number of aliphatic hydroxyl groups is 1. The van der Waals surface area contributed by atoms with E-state index in [2.05, 4.69) is 16.8 Å². The van der Waals surface area contributed by atoms with E-state index < -0.39 is 0 Å². The zero-order valence-corrected chi connectivity index (χ0v) is 8.44. The van der Waals surface area contributed by atoms with E-state index in [-0.39, 0.29) is 6.61 Å². The summed E-state index contributed by atoms with van der Waals surface area (Å²) in [4.78, 5) is 6.31. The Kier molecular flexibility index (Phi) is 2.72. The maximum Gasteiger partial charge on any atom is 0.297 e. The van der Waals surface area contributed by atoms with Crippen molar-refractivity contribution in [2.75, 3.05) is 18.0 Å². The van der Waals surface area contributed by atoms with Gasteiger partial charge in [-0.25, -0.2) is 0 Å². The summed E-state index contributed by atoms with van der Waals surface area (Å²) in [6.07, 6.45) is 4.17. The van der Waals surface area contributed by atoms with E-state index in [1.54, 1.807) is 0 Å². The molecule has 1 heterocycles. The van der Waals surface area contributed by atoms with E-state index in [9.17, 15) is 0 Å². The van der Waals surface area contributed by atoms with Crippen molar-refractivity contribution < 1.29 is 9.52 Å². The Morgan fingerprint density at radius 1 is 1.64 bits per heavy atom. The van der Waals surface area contributed by atoms with Crippen LogP contribution in [0, 0.1) is 5.92 Å². The first-order chi connectivity index (χ1) is 6.83. The fraction of sp³-hybridized carbons (Fsp3) is 0.700. The molecule has 0 aliphatic heterocycles. The zero-order valence-electron chi connectivity index (χ0n) is 8.44. The van der Waals surface area contributed by atoms with Gasteiger partial charge in [0.1, 0.15) is 12.0 Å². The van der Waals surface area contributed by atoms with Crippen LogP contribution in [0.5, 0.6) is 0 Å². The molecule has 0 amide bonds. The van der Waals surface area contributed by atoms with Crippen LogP contribution in [0.1, 0.15) is 25.5 Å². The normalized spacial score (nSPS) is 15.9. The highest BCUT2D eigenvalue weighted by atomic mass is 16.4. The highest BCUT2D eigenvalue weighted by Gasteiger charge is 2.25. The molecule has 0 radical (unpaired) electrons. The quantitative estimate of drug-likeness (QED) is 0.773. The Morgan fingerprint density at radius 3 is 2.93 bits per heavy atom. The van der Waals surface area contributed by atoms with Gasteiger partial charge in [-0.2, -0.15) is 4.98 Å². The van der Waals surface area contributed by atoms with Crippen LogP contribution in [-0.4, -0.2) is 23.2 Å². The van der Waals surface area contributed by atoms with Gasteiger partial charge in [0.2, 0.25) is 0 Å². The van der Waals surface area contributed by atoms with E-state index in [1.165, 1.54) is 19.1 Å². The van der Waals surface area contributed by atoms with Crippen LogP contribution in [-0.2, 0) is 6.61 Å². The molecule has 4 heteroatoms. The summed E-state index contributed by atoms with van der Waals surface area (Å²) >= 11 is 0. The number of nitrogens with zero attached hydrogens (tertiary/aromatic N) is 2. The van der Waals surface area contributed by atoms with Crippen molar-refractivity contribution in [3.8, 4) is 0 Å². The van der Waals surface area contributed by atoms with Crippen LogP contribution < -0.4 is 4.90 Å². The molecule has 1 fully saturated rings. The molecule has 0 atom stereocenters. The Labute approximate surface area is 83.5 Å². The molecular formula is C10H16N2O2. The van der Waals surface area contributed by atoms with Crippen LogP contribution in [0.2, 0.25) is 0 Å². The predicted octanol–water partition coefficient (Wildman–Crippen LogP) is 1.40. The maximum atomic E-state index is 8.86. The molecule has 2 rings (SSSR count). The van der Waals surface area contributed by atoms with Crippen molar-refractivity contribution in [2.24, 2.45) is 5.92 Å².